The maximum Gasteiger partial charge on any atom is 0.361 e. The zero-order valence-electron chi connectivity index (χ0n) is 6.11. The number of carbonyl (C=O) groups is 1. The molecule has 1 atom stereocenters. The van der Waals surface area contributed by atoms with E-state index in [1.807, 2.05) is 0 Å². The van der Waals surface area contributed by atoms with Crippen LogP contribution in [0.5, 0.6) is 0 Å². The van der Waals surface area contributed by atoms with Crippen molar-refractivity contribution in [2.75, 3.05) is 0 Å². The van der Waals surface area contributed by atoms with Crippen LogP contribution in [0, 0.1) is 0 Å². The number of hydrogen-bond acceptors (Lipinski definition) is 5. The van der Waals surface area contributed by atoms with Gasteiger partial charge in [0.05, 0.1) is 0 Å². The average Bonchev–Trinajstić information content (AvgIpc) is 1.82. The Morgan fingerprint density at radius 3 is 2.58 bits per heavy atom. The molecule has 12 heavy (non-hydrogen) atoms. The first-order valence-corrected chi connectivity index (χ1v) is 3.13. The fourth-order valence-corrected chi connectivity index (χ4v) is 0.870. The first kappa shape index (κ1) is 8.41. The third-order valence-electron chi connectivity index (χ3n) is 1.36. The lowest BCUT2D eigenvalue weighted by Gasteiger charge is -2.25. The van der Waals surface area contributed by atoms with Gasteiger partial charge >= 0.3 is 5.97 Å². The topological polar surface area (TPSA) is 122 Å². The number of nitrogens with one attached hydrogen (secondary N) is 1. The second-order valence-corrected chi connectivity index (χ2v) is 2.44. The molecule has 0 spiro atoms. The van der Waals surface area contributed by atoms with Crippen molar-refractivity contribution in [1.29, 1.82) is 0 Å². The molecule has 7 N–H and O–H groups in total. The summed E-state index contributed by atoms with van der Waals surface area (Å²) in [5, 5.41) is 20.0. The Balaban J connectivity index is 3.00. The molecule has 0 aromatic carbocycles. The monoisotopic (exact) mass is 171 g/mol. The number of hydrogen-bond donors (Lipinski definition) is 5. The molecule has 6 heteroatoms. The molecule has 1 rings (SSSR count). The van der Waals surface area contributed by atoms with E-state index >= 15 is 0 Å². The summed E-state index contributed by atoms with van der Waals surface area (Å²) < 4.78 is 0. The molecule has 0 radical (unpaired) electrons. The van der Waals surface area contributed by atoms with Gasteiger partial charge in [-0.15, -0.1) is 0 Å². The molecule has 1 heterocycles. The lowest BCUT2D eigenvalue weighted by Crippen LogP contribution is -2.53. The number of carboxylic acid groups (broad SMARTS) is 1. The Morgan fingerprint density at radius 1 is 1.58 bits per heavy atom. The van der Waals surface area contributed by atoms with Crippen molar-refractivity contribution in [3.05, 3.63) is 23.7 Å². The Morgan fingerprint density at radius 2 is 2.17 bits per heavy atom. The summed E-state index contributed by atoms with van der Waals surface area (Å²) in [5.41, 5.74) is 8.44. The van der Waals surface area contributed by atoms with Crippen molar-refractivity contribution < 1.29 is 15.0 Å². The van der Waals surface area contributed by atoms with Gasteiger partial charge in [0, 0.05) is 17.8 Å². The zero-order valence-corrected chi connectivity index (χ0v) is 6.11. The second kappa shape index (κ2) is 2.42. The maximum absolute atomic E-state index is 10.5. The van der Waals surface area contributed by atoms with Gasteiger partial charge in [-0.05, 0) is 0 Å². The molecule has 1 aliphatic rings. The van der Waals surface area contributed by atoms with Crippen molar-refractivity contribution in [2.24, 2.45) is 11.5 Å². The van der Waals surface area contributed by atoms with Crippen LogP contribution in [-0.2, 0) is 4.79 Å². The Labute approximate surface area is 68.2 Å². The molecular formula is C6H9N3O3. The molecule has 0 aromatic rings. The van der Waals surface area contributed by atoms with Gasteiger partial charge in [-0.25, -0.2) is 4.79 Å². The van der Waals surface area contributed by atoms with Crippen LogP contribution in [0.15, 0.2) is 23.7 Å². The van der Waals surface area contributed by atoms with Gasteiger partial charge in [-0.2, -0.15) is 0 Å². The molecular weight excluding hydrogens is 162 g/mol. The molecule has 6 nitrogen and oxygen atoms in total. The van der Waals surface area contributed by atoms with E-state index in [0.29, 0.717) is 0 Å². The smallest absolute Gasteiger partial charge is 0.361 e. The van der Waals surface area contributed by atoms with E-state index in [1.54, 1.807) is 0 Å². The quantitative estimate of drug-likeness (QED) is 0.311. The fraction of sp³-hybridized carbons (Fsp3) is 0.167. The van der Waals surface area contributed by atoms with E-state index in [2.05, 4.69) is 5.32 Å². The van der Waals surface area contributed by atoms with Gasteiger partial charge in [-0.3, -0.25) is 0 Å². The summed E-state index contributed by atoms with van der Waals surface area (Å²) in [6.45, 7) is 0. The highest BCUT2D eigenvalue weighted by molar-refractivity contribution is 5.80. The van der Waals surface area contributed by atoms with E-state index in [0.717, 1.165) is 6.08 Å². The molecule has 1 aliphatic heterocycles. The predicted octanol–water partition coefficient (Wildman–Crippen LogP) is -1.99. The number of dihydropyridines is 1. The third kappa shape index (κ3) is 1.32. The van der Waals surface area contributed by atoms with Crippen molar-refractivity contribution in [1.82, 2.24) is 5.32 Å². The lowest BCUT2D eigenvalue weighted by atomic mass is 10.1. The van der Waals surface area contributed by atoms with Crippen LogP contribution >= 0.6 is 0 Å². The average molecular weight is 171 g/mol. The summed E-state index contributed by atoms with van der Waals surface area (Å²) in [4.78, 5) is 10.5. The van der Waals surface area contributed by atoms with Crippen LogP contribution in [-0.4, -0.2) is 21.9 Å². The minimum absolute atomic E-state index is 0.0138. The number of aliphatic carboxylic acids is 1. The van der Waals surface area contributed by atoms with Crippen LogP contribution < -0.4 is 16.8 Å². The maximum atomic E-state index is 10.5. The molecule has 0 saturated heterocycles. The van der Waals surface area contributed by atoms with Crippen LogP contribution in [0.3, 0.4) is 0 Å². The molecule has 0 aromatic heterocycles. The third-order valence-corrected chi connectivity index (χ3v) is 1.36. The Bertz CT molecular complexity index is 284. The zero-order chi connectivity index (χ0) is 9.35. The van der Waals surface area contributed by atoms with E-state index in [9.17, 15) is 9.90 Å². The van der Waals surface area contributed by atoms with Crippen LogP contribution in [0.1, 0.15) is 0 Å². The molecule has 0 aliphatic carbocycles. The van der Waals surface area contributed by atoms with Gasteiger partial charge < -0.3 is 27.0 Å². The highest BCUT2D eigenvalue weighted by Crippen LogP contribution is 2.11. The number of allylic oxidation sites excluding steroid dienone is 1. The summed E-state index contributed by atoms with van der Waals surface area (Å²) in [6, 6.07) is 0. The van der Waals surface area contributed by atoms with Gasteiger partial charge in [0.1, 0.15) is 5.82 Å². The van der Waals surface area contributed by atoms with Gasteiger partial charge in [0.15, 0.2) is 0 Å². The highest BCUT2D eigenvalue weighted by Gasteiger charge is 2.35. The Kier molecular flexibility index (Phi) is 1.69. The number of rotatable bonds is 1. The van der Waals surface area contributed by atoms with Gasteiger partial charge in [0.2, 0.25) is 0 Å². The van der Waals surface area contributed by atoms with E-state index in [1.165, 1.54) is 6.08 Å². The first-order chi connectivity index (χ1) is 5.44. The van der Waals surface area contributed by atoms with Gasteiger partial charge in [0.25, 0.3) is 5.72 Å². The lowest BCUT2D eigenvalue weighted by molar-refractivity contribution is -0.155. The van der Waals surface area contributed by atoms with Gasteiger partial charge in [-0.1, -0.05) is 0 Å². The number of carboxylic acids is 1. The van der Waals surface area contributed by atoms with Crippen molar-refractivity contribution in [3.63, 3.8) is 0 Å². The van der Waals surface area contributed by atoms with Crippen molar-refractivity contribution in [2.45, 2.75) is 5.72 Å². The van der Waals surface area contributed by atoms with E-state index in [-0.39, 0.29) is 11.5 Å². The minimum atomic E-state index is -2.19. The van der Waals surface area contributed by atoms with E-state index in [4.69, 9.17) is 16.6 Å². The largest absolute Gasteiger partial charge is 0.477 e. The predicted molar refractivity (Wildman–Crippen MR) is 40.3 cm³/mol. The summed E-state index contributed by atoms with van der Waals surface area (Å²) in [5.74, 6) is -1.44. The summed E-state index contributed by atoms with van der Waals surface area (Å²) >= 11 is 0. The molecule has 0 fully saturated rings. The number of aliphatic hydroxyl groups is 1. The van der Waals surface area contributed by atoms with Crippen molar-refractivity contribution in [3.8, 4) is 0 Å². The molecule has 66 valence electrons. The Hall–Kier alpha value is -1.69. The first-order valence-electron chi connectivity index (χ1n) is 3.13. The van der Waals surface area contributed by atoms with Crippen LogP contribution in [0.4, 0.5) is 0 Å². The van der Waals surface area contributed by atoms with Crippen LogP contribution in [0.2, 0.25) is 0 Å². The second-order valence-electron chi connectivity index (χ2n) is 2.44. The van der Waals surface area contributed by atoms with Crippen LogP contribution in [0.25, 0.3) is 0 Å². The molecule has 0 saturated carbocycles. The minimum Gasteiger partial charge on any atom is -0.477 e. The summed E-state index contributed by atoms with van der Waals surface area (Å²) in [6.07, 6.45) is 2.28. The normalized spacial score (nSPS) is 28.4. The summed E-state index contributed by atoms with van der Waals surface area (Å²) in [7, 11) is 0. The molecule has 0 amide bonds. The van der Waals surface area contributed by atoms with Crippen molar-refractivity contribution >= 4 is 5.97 Å². The SMILES string of the molecule is NC1=CC(O)(C(=O)O)NC(N)=C1. The fourth-order valence-electron chi connectivity index (χ4n) is 0.870. The molecule has 0 bridgehead atoms. The highest BCUT2D eigenvalue weighted by atomic mass is 16.4. The number of nitrogens with two attached hydrogens (primary N) is 2. The molecule has 1 unspecified atom stereocenters. The standard InChI is InChI=1S/C6H9N3O3/c7-3-1-4(8)9-6(12,2-3)5(10)11/h1-2,9,12H,7-8H2,(H,10,11). The van der Waals surface area contributed by atoms with E-state index < -0.39 is 11.7 Å².